The van der Waals surface area contributed by atoms with E-state index in [1.54, 1.807) is 0 Å². The van der Waals surface area contributed by atoms with Crippen LogP contribution < -0.4 is 0 Å². The molecule has 0 aromatic heterocycles. The molecule has 4 nitrogen and oxygen atoms in total. The highest BCUT2D eigenvalue weighted by Gasteiger charge is 2.05. The molecule has 0 aromatic carbocycles. The zero-order chi connectivity index (χ0) is 14.7. The van der Waals surface area contributed by atoms with Gasteiger partial charge in [-0.3, -0.25) is 0 Å². The van der Waals surface area contributed by atoms with Gasteiger partial charge in [0, 0.05) is 18.1 Å². The SMILES string of the molecule is C=CC(=O)OCC(/C=C\C)=C/C(C)COC(=O)C=C. The van der Waals surface area contributed by atoms with Crippen LogP contribution in [0.5, 0.6) is 0 Å². The molecule has 0 saturated heterocycles. The van der Waals surface area contributed by atoms with E-state index < -0.39 is 11.9 Å². The molecule has 1 atom stereocenters. The van der Waals surface area contributed by atoms with Crippen molar-refractivity contribution < 1.29 is 19.1 Å². The predicted octanol–water partition coefficient (Wildman–Crippen LogP) is 2.58. The van der Waals surface area contributed by atoms with E-state index in [-0.39, 0.29) is 19.1 Å². The molecule has 0 spiro atoms. The summed E-state index contributed by atoms with van der Waals surface area (Å²) in [6.07, 6.45) is 7.79. The molecule has 0 fully saturated rings. The summed E-state index contributed by atoms with van der Waals surface area (Å²) in [6, 6.07) is 0. The first kappa shape index (κ1) is 16.9. The van der Waals surface area contributed by atoms with Crippen molar-refractivity contribution in [2.75, 3.05) is 13.2 Å². The predicted molar refractivity (Wildman–Crippen MR) is 74.4 cm³/mol. The van der Waals surface area contributed by atoms with Gasteiger partial charge in [-0.1, -0.05) is 38.3 Å². The van der Waals surface area contributed by atoms with Gasteiger partial charge < -0.3 is 9.47 Å². The Morgan fingerprint density at radius 1 is 1.16 bits per heavy atom. The highest BCUT2D eigenvalue weighted by molar-refractivity contribution is 5.81. The summed E-state index contributed by atoms with van der Waals surface area (Å²) >= 11 is 0. The summed E-state index contributed by atoms with van der Waals surface area (Å²) in [4.78, 5) is 21.9. The largest absolute Gasteiger partial charge is 0.462 e. The Morgan fingerprint density at radius 3 is 2.26 bits per heavy atom. The summed E-state index contributed by atoms with van der Waals surface area (Å²) in [5.74, 6) is -0.912. The number of allylic oxidation sites excluding steroid dienone is 1. The molecule has 4 heteroatoms. The Bertz CT molecular complexity index is 391. The van der Waals surface area contributed by atoms with E-state index in [0.717, 1.165) is 17.7 Å². The minimum atomic E-state index is -0.471. The second-order valence-electron chi connectivity index (χ2n) is 3.86. The number of esters is 2. The van der Waals surface area contributed by atoms with E-state index in [1.807, 2.05) is 32.1 Å². The standard InChI is InChI=1S/C15H20O4/c1-5-8-13(11-19-15(17)7-3)9-12(4)10-18-14(16)6-2/h5-9,12H,2-3,10-11H2,1,4H3/b8-5-,13-9+. The van der Waals surface area contributed by atoms with Crippen molar-refractivity contribution in [2.24, 2.45) is 5.92 Å². The summed E-state index contributed by atoms with van der Waals surface area (Å²) in [6.45, 7) is 10.8. The lowest BCUT2D eigenvalue weighted by Gasteiger charge is -2.09. The van der Waals surface area contributed by atoms with Gasteiger partial charge in [0.1, 0.15) is 6.61 Å². The van der Waals surface area contributed by atoms with Crippen molar-refractivity contribution in [1.82, 2.24) is 0 Å². The van der Waals surface area contributed by atoms with Crippen molar-refractivity contribution in [1.29, 1.82) is 0 Å². The van der Waals surface area contributed by atoms with Gasteiger partial charge in [-0.2, -0.15) is 0 Å². The van der Waals surface area contributed by atoms with Crippen LogP contribution in [0.4, 0.5) is 0 Å². The maximum atomic E-state index is 11.0. The zero-order valence-electron chi connectivity index (χ0n) is 11.4. The summed E-state index contributed by atoms with van der Waals surface area (Å²) in [5.41, 5.74) is 0.833. The van der Waals surface area contributed by atoms with Gasteiger partial charge in [-0.15, -0.1) is 0 Å². The number of rotatable bonds is 8. The topological polar surface area (TPSA) is 52.6 Å². The van der Waals surface area contributed by atoms with Crippen molar-refractivity contribution >= 4 is 11.9 Å². The molecule has 0 aliphatic heterocycles. The van der Waals surface area contributed by atoms with Gasteiger partial charge >= 0.3 is 11.9 Å². The second kappa shape index (κ2) is 9.88. The molecule has 19 heavy (non-hydrogen) atoms. The molecule has 104 valence electrons. The van der Waals surface area contributed by atoms with Crippen LogP contribution in [0.2, 0.25) is 0 Å². The monoisotopic (exact) mass is 264 g/mol. The van der Waals surface area contributed by atoms with E-state index in [1.165, 1.54) is 0 Å². The molecule has 0 bridgehead atoms. The fourth-order valence-electron chi connectivity index (χ4n) is 1.27. The Kier molecular flexibility index (Phi) is 8.79. The van der Waals surface area contributed by atoms with Gasteiger partial charge in [-0.25, -0.2) is 9.59 Å². The number of hydrogen-bond donors (Lipinski definition) is 0. The molecule has 0 N–H and O–H groups in total. The first-order chi connectivity index (χ1) is 9.03. The van der Waals surface area contributed by atoms with Crippen molar-refractivity contribution in [3.05, 3.63) is 49.1 Å². The molecule has 0 aliphatic carbocycles. The first-order valence-corrected chi connectivity index (χ1v) is 5.95. The maximum absolute atomic E-state index is 11.0. The Labute approximate surface area is 114 Å². The first-order valence-electron chi connectivity index (χ1n) is 5.95. The molecule has 0 aromatic rings. The number of hydrogen-bond acceptors (Lipinski definition) is 4. The van der Waals surface area contributed by atoms with Crippen LogP contribution in [0.25, 0.3) is 0 Å². The molecule has 0 saturated carbocycles. The zero-order valence-corrected chi connectivity index (χ0v) is 11.4. The fraction of sp³-hybridized carbons (Fsp3) is 0.333. The molecule has 1 unspecified atom stereocenters. The van der Waals surface area contributed by atoms with Crippen LogP contribution in [0.1, 0.15) is 13.8 Å². The number of carbonyl (C=O) groups excluding carboxylic acids is 2. The average molecular weight is 264 g/mol. The minimum Gasteiger partial charge on any atom is -0.462 e. The van der Waals surface area contributed by atoms with E-state index >= 15 is 0 Å². The van der Waals surface area contributed by atoms with E-state index in [9.17, 15) is 9.59 Å². The minimum absolute atomic E-state index is 0.0116. The normalized spacial score (nSPS) is 12.8. The Hall–Kier alpha value is -2.10. The van der Waals surface area contributed by atoms with Gasteiger partial charge in [0.25, 0.3) is 0 Å². The third-order valence-electron chi connectivity index (χ3n) is 2.08. The van der Waals surface area contributed by atoms with Gasteiger partial charge in [-0.05, 0) is 12.5 Å². The molecule has 0 radical (unpaired) electrons. The van der Waals surface area contributed by atoms with Crippen molar-refractivity contribution in [3.8, 4) is 0 Å². The molecular formula is C15H20O4. The Morgan fingerprint density at radius 2 is 1.74 bits per heavy atom. The van der Waals surface area contributed by atoms with Crippen LogP contribution >= 0.6 is 0 Å². The lowest BCUT2D eigenvalue weighted by molar-refractivity contribution is -0.138. The van der Waals surface area contributed by atoms with E-state index in [2.05, 4.69) is 13.2 Å². The maximum Gasteiger partial charge on any atom is 0.330 e. The van der Waals surface area contributed by atoms with Crippen LogP contribution in [-0.2, 0) is 19.1 Å². The summed E-state index contributed by atoms with van der Waals surface area (Å²) < 4.78 is 9.88. The van der Waals surface area contributed by atoms with Crippen LogP contribution in [0.3, 0.4) is 0 Å². The summed E-state index contributed by atoms with van der Waals surface area (Å²) in [7, 11) is 0. The van der Waals surface area contributed by atoms with Gasteiger partial charge in [0.15, 0.2) is 0 Å². The van der Waals surface area contributed by atoms with Crippen molar-refractivity contribution in [2.45, 2.75) is 13.8 Å². The van der Waals surface area contributed by atoms with Crippen LogP contribution in [-0.4, -0.2) is 25.2 Å². The molecule has 0 amide bonds. The second-order valence-corrected chi connectivity index (χ2v) is 3.86. The van der Waals surface area contributed by atoms with Crippen molar-refractivity contribution in [3.63, 3.8) is 0 Å². The quantitative estimate of drug-likeness (QED) is 0.384. The highest BCUT2D eigenvalue weighted by Crippen LogP contribution is 2.07. The molecule has 0 rings (SSSR count). The van der Waals surface area contributed by atoms with Gasteiger partial charge in [0.05, 0.1) is 6.61 Å². The lowest BCUT2D eigenvalue weighted by Crippen LogP contribution is -2.10. The van der Waals surface area contributed by atoms with E-state index in [0.29, 0.717) is 0 Å². The third-order valence-corrected chi connectivity index (χ3v) is 2.08. The van der Waals surface area contributed by atoms with Gasteiger partial charge in [0.2, 0.25) is 0 Å². The molecule has 0 heterocycles. The molecular weight excluding hydrogens is 244 g/mol. The fourth-order valence-corrected chi connectivity index (χ4v) is 1.27. The number of ether oxygens (including phenoxy) is 2. The number of carbonyl (C=O) groups is 2. The van der Waals surface area contributed by atoms with Crippen LogP contribution in [0.15, 0.2) is 49.1 Å². The Balaban J connectivity index is 4.45. The van der Waals surface area contributed by atoms with Crippen LogP contribution in [0, 0.1) is 5.92 Å². The summed E-state index contributed by atoms with van der Waals surface area (Å²) in [5, 5.41) is 0. The highest BCUT2D eigenvalue weighted by atomic mass is 16.5. The molecule has 0 aliphatic rings. The third kappa shape index (κ3) is 8.60. The lowest BCUT2D eigenvalue weighted by atomic mass is 10.1. The average Bonchev–Trinajstić information content (AvgIpc) is 2.41. The smallest absolute Gasteiger partial charge is 0.330 e. The van der Waals surface area contributed by atoms with E-state index in [4.69, 9.17) is 9.47 Å².